The fourth-order valence-electron chi connectivity index (χ4n) is 4.76. The van der Waals surface area contributed by atoms with Crippen molar-refractivity contribution < 1.29 is 9.53 Å². The van der Waals surface area contributed by atoms with Crippen molar-refractivity contribution in [2.75, 3.05) is 0 Å². The Bertz CT molecular complexity index is 1120. The van der Waals surface area contributed by atoms with Crippen molar-refractivity contribution in [3.8, 4) is 16.9 Å². The van der Waals surface area contributed by atoms with Crippen LogP contribution in [-0.2, 0) is 6.61 Å². The maximum atomic E-state index is 12.6. The zero-order valence-corrected chi connectivity index (χ0v) is 19.7. The van der Waals surface area contributed by atoms with Gasteiger partial charge in [0.1, 0.15) is 12.4 Å². The Hall–Kier alpha value is -3.40. The molecule has 3 aromatic carbocycles. The number of hydrazone groups is 1. The Labute approximate surface area is 196 Å². The predicted molar refractivity (Wildman–Crippen MR) is 134 cm³/mol. The highest BCUT2D eigenvalue weighted by Crippen LogP contribution is 2.37. The first-order valence-corrected chi connectivity index (χ1v) is 11.6. The fraction of sp³-hybridized carbons (Fsp3) is 0.310. The number of carbonyl (C=O) groups is 1. The Morgan fingerprint density at radius 1 is 1.00 bits per heavy atom. The molecule has 1 saturated carbocycles. The lowest BCUT2D eigenvalue weighted by atomic mass is 9.72. The van der Waals surface area contributed by atoms with E-state index in [1.54, 1.807) is 0 Å². The summed E-state index contributed by atoms with van der Waals surface area (Å²) in [5, 5.41) is 4.43. The summed E-state index contributed by atoms with van der Waals surface area (Å²) >= 11 is 0. The number of rotatable bonds is 6. The molecule has 33 heavy (non-hydrogen) atoms. The minimum atomic E-state index is -0.180. The summed E-state index contributed by atoms with van der Waals surface area (Å²) in [4.78, 5) is 12.6. The topological polar surface area (TPSA) is 50.7 Å². The van der Waals surface area contributed by atoms with E-state index in [4.69, 9.17) is 4.74 Å². The van der Waals surface area contributed by atoms with E-state index in [9.17, 15) is 4.79 Å². The summed E-state index contributed by atoms with van der Waals surface area (Å²) < 4.78 is 6.11. The van der Waals surface area contributed by atoms with Gasteiger partial charge in [0, 0.05) is 16.8 Å². The lowest BCUT2D eigenvalue weighted by Gasteiger charge is -2.34. The molecular weight excluding hydrogens is 408 g/mol. The highest BCUT2D eigenvalue weighted by Gasteiger charge is 2.29. The van der Waals surface area contributed by atoms with Gasteiger partial charge in [0.25, 0.3) is 5.91 Å². The largest absolute Gasteiger partial charge is 0.488 e. The maximum Gasteiger partial charge on any atom is 0.271 e. The Balaban J connectivity index is 1.37. The highest BCUT2D eigenvalue weighted by molar-refractivity contribution is 5.95. The lowest BCUT2D eigenvalue weighted by Crippen LogP contribution is -2.30. The fourth-order valence-corrected chi connectivity index (χ4v) is 4.76. The number of hydrogen-bond donors (Lipinski definition) is 1. The molecule has 1 N–H and O–H groups in total. The number of nitrogens with zero attached hydrogens (tertiary/aromatic N) is 1. The monoisotopic (exact) mass is 440 g/mol. The first-order chi connectivity index (χ1) is 15.9. The van der Waals surface area contributed by atoms with Gasteiger partial charge in [0.15, 0.2) is 0 Å². The molecule has 0 saturated heterocycles. The Kier molecular flexibility index (Phi) is 6.93. The van der Waals surface area contributed by atoms with Crippen molar-refractivity contribution in [3.63, 3.8) is 0 Å². The van der Waals surface area contributed by atoms with Crippen LogP contribution in [0.4, 0.5) is 0 Å². The van der Waals surface area contributed by atoms with E-state index in [-0.39, 0.29) is 11.3 Å². The molecule has 3 aromatic rings. The molecule has 0 radical (unpaired) electrons. The van der Waals surface area contributed by atoms with Crippen molar-refractivity contribution >= 4 is 11.6 Å². The molecule has 4 nitrogen and oxygen atoms in total. The molecule has 170 valence electrons. The molecule has 4 heteroatoms. The molecular formula is C29H32N2O2. The molecule has 1 aliphatic carbocycles. The third-order valence-electron chi connectivity index (χ3n) is 6.07. The van der Waals surface area contributed by atoms with Crippen LogP contribution >= 0.6 is 0 Å². The van der Waals surface area contributed by atoms with Gasteiger partial charge in [-0.15, -0.1) is 0 Å². The van der Waals surface area contributed by atoms with Crippen molar-refractivity contribution in [2.45, 2.75) is 46.6 Å². The summed E-state index contributed by atoms with van der Waals surface area (Å²) in [6.07, 6.45) is 3.07. The number of benzene rings is 3. The zero-order chi connectivity index (χ0) is 23.3. The molecule has 0 bridgehead atoms. The Morgan fingerprint density at radius 2 is 1.70 bits per heavy atom. The van der Waals surface area contributed by atoms with E-state index < -0.39 is 0 Å². The standard InChI is InChI=1S/C29H32N2O2/c1-21-17-25(19-29(2,3)18-21)30-31-28(32)24-15-13-22(14-16-24)20-33-27-12-8-7-11-26(27)23-9-5-4-6-10-23/h4-16,21H,17-20H2,1-3H3,(H,31,32). The second-order valence-corrected chi connectivity index (χ2v) is 9.82. The van der Waals surface area contributed by atoms with Crippen LogP contribution in [0.2, 0.25) is 0 Å². The van der Waals surface area contributed by atoms with Gasteiger partial charge in [-0.2, -0.15) is 5.10 Å². The van der Waals surface area contributed by atoms with Gasteiger partial charge in [-0.25, -0.2) is 5.43 Å². The first-order valence-electron chi connectivity index (χ1n) is 11.6. The van der Waals surface area contributed by atoms with Crippen LogP contribution < -0.4 is 10.2 Å². The van der Waals surface area contributed by atoms with Crippen LogP contribution in [0.15, 0.2) is 84.0 Å². The van der Waals surface area contributed by atoms with Gasteiger partial charge in [-0.1, -0.05) is 81.4 Å². The maximum absolute atomic E-state index is 12.6. The number of para-hydroxylation sites is 1. The van der Waals surface area contributed by atoms with Gasteiger partial charge in [0.05, 0.1) is 0 Å². The van der Waals surface area contributed by atoms with Gasteiger partial charge >= 0.3 is 0 Å². The summed E-state index contributed by atoms with van der Waals surface area (Å²) in [7, 11) is 0. The number of ether oxygens (including phenoxy) is 1. The summed E-state index contributed by atoms with van der Waals surface area (Å²) in [6.45, 7) is 7.20. The predicted octanol–water partition coefficient (Wildman–Crippen LogP) is 6.86. The van der Waals surface area contributed by atoms with Crippen LogP contribution in [0.5, 0.6) is 5.75 Å². The average molecular weight is 441 g/mol. The second kappa shape index (κ2) is 10.0. The van der Waals surface area contributed by atoms with E-state index in [1.807, 2.05) is 60.7 Å². The molecule has 0 spiro atoms. The molecule has 1 aliphatic rings. The first kappa shape index (κ1) is 22.8. The molecule has 1 unspecified atom stereocenters. The minimum absolute atomic E-state index is 0.180. The molecule has 1 atom stereocenters. The van der Waals surface area contributed by atoms with Crippen LogP contribution in [0.1, 0.15) is 56.0 Å². The molecule has 0 aliphatic heterocycles. The Morgan fingerprint density at radius 3 is 2.42 bits per heavy atom. The number of nitrogens with one attached hydrogen (secondary N) is 1. The molecule has 1 fully saturated rings. The highest BCUT2D eigenvalue weighted by atomic mass is 16.5. The zero-order valence-electron chi connectivity index (χ0n) is 19.7. The quantitative estimate of drug-likeness (QED) is 0.426. The lowest BCUT2D eigenvalue weighted by molar-refractivity contribution is 0.0954. The summed E-state index contributed by atoms with van der Waals surface area (Å²) in [6, 6.07) is 25.8. The summed E-state index contributed by atoms with van der Waals surface area (Å²) in [5.74, 6) is 1.25. The number of carbonyl (C=O) groups excluding carboxylic acids is 1. The average Bonchev–Trinajstić information content (AvgIpc) is 2.81. The van der Waals surface area contributed by atoms with E-state index >= 15 is 0 Å². The van der Waals surface area contributed by atoms with Gasteiger partial charge in [0.2, 0.25) is 0 Å². The third-order valence-corrected chi connectivity index (χ3v) is 6.07. The van der Waals surface area contributed by atoms with Gasteiger partial charge < -0.3 is 4.74 Å². The number of hydrogen-bond acceptors (Lipinski definition) is 3. The molecule has 0 heterocycles. The van der Waals surface area contributed by atoms with Crippen LogP contribution in [0.3, 0.4) is 0 Å². The smallest absolute Gasteiger partial charge is 0.271 e. The van der Waals surface area contributed by atoms with E-state index in [0.717, 1.165) is 41.0 Å². The van der Waals surface area contributed by atoms with Crippen molar-refractivity contribution in [1.29, 1.82) is 0 Å². The van der Waals surface area contributed by atoms with Crippen molar-refractivity contribution in [3.05, 3.63) is 90.0 Å². The van der Waals surface area contributed by atoms with Crippen molar-refractivity contribution in [1.82, 2.24) is 5.43 Å². The normalized spacial score (nSPS) is 18.6. The molecule has 0 aromatic heterocycles. The third kappa shape index (κ3) is 6.10. The van der Waals surface area contributed by atoms with Crippen LogP contribution in [-0.4, -0.2) is 11.6 Å². The van der Waals surface area contributed by atoms with Crippen LogP contribution in [0, 0.1) is 11.3 Å². The number of amides is 1. The van der Waals surface area contributed by atoms with E-state index in [0.29, 0.717) is 18.1 Å². The minimum Gasteiger partial charge on any atom is -0.488 e. The van der Waals surface area contributed by atoms with E-state index in [1.165, 1.54) is 6.42 Å². The second-order valence-electron chi connectivity index (χ2n) is 9.82. The van der Waals surface area contributed by atoms with Crippen molar-refractivity contribution in [2.24, 2.45) is 16.4 Å². The van der Waals surface area contributed by atoms with Gasteiger partial charge in [-0.05, 0) is 59.9 Å². The molecule has 4 rings (SSSR count). The SMILES string of the molecule is CC1CC(=NNC(=O)c2ccc(COc3ccccc3-c3ccccc3)cc2)CC(C)(C)C1. The van der Waals surface area contributed by atoms with Gasteiger partial charge in [-0.3, -0.25) is 4.79 Å². The molecule has 1 amide bonds. The summed E-state index contributed by atoms with van der Waals surface area (Å²) in [5.41, 5.74) is 7.85. The van der Waals surface area contributed by atoms with Crippen LogP contribution in [0.25, 0.3) is 11.1 Å². The van der Waals surface area contributed by atoms with E-state index in [2.05, 4.69) is 49.5 Å².